The molecule has 3 rings (SSSR count). The summed E-state index contributed by atoms with van der Waals surface area (Å²) in [5.74, 6) is -1.76. The molecule has 2 aromatic carbocycles. The van der Waals surface area contributed by atoms with Crippen molar-refractivity contribution in [1.82, 2.24) is 4.98 Å². The zero-order valence-electron chi connectivity index (χ0n) is 13.9. The summed E-state index contributed by atoms with van der Waals surface area (Å²) in [4.78, 5) is 16.4. The van der Waals surface area contributed by atoms with Crippen molar-refractivity contribution in [3.63, 3.8) is 0 Å². The fraction of sp³-hybridized carbons (Fsp3) is 0.0526. The third-order valence-electron chi connectivity index (χ3n) is 3.53. The Morgan fingerprint density at radius 2 is 1.74 bits per heavy atom. The summed E-state index contributed by atoms with van der Waals surface area (Å²) in [6, 6.07) is 12.3. The number of anilines is 2. The van der Waals surface area contributed by atoms with Crippen LogP contribution in [-0.4, -0.2) is 10.9 Å². The standard InChI is InChI=1S/C19H14F3N3OS/c20-14-3-1-12(2-4-14)11-27-25-18-9-13(7-8-23-18)19(26)24-15-5-6-16(21)17(22)10-15/h1-10H,11H2,(H,23,25)(H,24,26). The van der Waals surface area contributed by atoms with E-state index in [0.29, 0.717) is 17.1 Å². The molecule has 8 heteroatoms. The van der Waals surface area contributed by atoms with Crippen molar-refractivity contribution in [2.75, 3.05) is 10.0 Å². The van der Waals surface area contributed by atoms with Crippen molar-refractivity contribution < 1.29 is 18.0 Å². The minimum Gasteiger partial charge on any atom is -0.322 e. The number of pyridine rings is 1. The summed E-state index contributed by atoms with van der Waals surface area (Å²) in [7, 11) is 0. The van der Waals surface area contributed by atoms with E-state index in [4.69, 9.17) is 0 Å². The number of nitrogens with zero attached hydrogens (tertiary/aromatic N) is 1. The van der Waals surface area contributed by atoms with E-state index in [-0.39, 0.29) is 11.5 Å². The number of carbonyl (C=O) groups excluding carboxylic acids is 1. The molecule has 138 valence electrons. The summed E-state index contributed by atoms with van der Waals surface area (Å²) in [5, 5.41) is 2.50. The van der Waals surface area contributed by atoms with Gasteiger partial charge in [-0.05, 0) is 53.9 Å². The molecular formula is C19H14F3N3OS. The maximum Gasteiger partial charge on any atom is 0.255 e. The topological polar surface area (TPSA) is 54.0 Å². The second-order valence-corrected chi connectivity index (χ2v) is 6.31. The van der Waals surface area contributed by atoms with E-state index in [9.17, 15) is 18.0 Å². The van der Waals surface area contributed by atoms with Crippen molar-refractivity contribution in [3.05, 3.63) is 89.4 Å². The van der Waals surface area contributed by atoms with Crippen LogP contribution in [0, 0.1) is 17.5 Å². The minimum absolute atomic E-state index is 0.149. The highest BCUT2D eigenvalue weighted by molar-refractivity contribution is 7.99. The zero-order valence-corrected chi connectivity index (χ0v) is 14.7. The molecular weight excluding hydrogens is 375 g/mol. The Hall–Kier alpha value is -3.00. The number of carbonyl (C=O) groups is 1. The molecule has 1 aromatic heterocycles. The Balaban J connectivity index is 1.59. The van der Waals surface area contributed by atoms with Gasteiger partial charge in [-0.25, -0.2) is 18.2 Å². The van der Waals surface area contributed by atoms with Gasteiger partial charge < -0.3 is 10.0 Å². The Kier molecular flexibility index (Phi) is 5.97. The van der Waals surface area contributed by atoms with Gasteiger partial charge in [0.2, 0.25) is 0 Å². The van der Waals surface area contributed by atoms with Crippen LogP contribution in [-0.2, 0) is 5.75 Å². The van der Waals surface area contributed by atoms with E-state index in [2.05, 4.69) is 15.0 Å². The molecule has 4 nitrogen and oxygen atoms in total. The largest absolute Gasteiger partial charge is 0.322 e. The first-order valence-corrected chi connectivity index (χ1v) is 8.84. The van der Waals surface area contributed by atoms with E-state index in [1.54, 1.807) is 12.1 Å². The summed E-state index contributed by atoms with van der Waals surface area (Å²) in [6.07, 6.45) is 1.46. The van der Waals surface area contributed by atoms with E-state index in [1.165, 1.54) is 48.5 Å². The Morgan fingerprint density at radius 1 is 0.963 bits per heavy atom. The fourth-order valence-electron chi connectivity index (χ4n) is 2.18. The van der Waals surface area contributed by atoms with E-state index < -0.39 is 17.5 Å². The molecule has 0 bridgehead atoms. The number of hydrogen-bond donors (Lipinski definition) is 2. The van der Waals surface area contributed by atoms with Gasteiger partial charge in [0.05, 0.1) is 0 Å². The van der Waals surface area contributed by atoms with Gasteiger partial charge in [-0.3, -0.25) is 4.79 Å². The molecule has 0 atom stereocenters. The van der Waals surface area contributed by atoms with Crippen LogP contribution in [0.25, 0.3) is 0 Å². The van der Waals surface area contributed by atoms with Crippen LogP contribution >= 0.6 is 11.9 Å². The number of nitrogens with one attached hydrogen (secondary N) is 2. The monoisotopic (exact) mass is 389 g/mol. The molecule has 0 radical (unpaired) electrons. The highest BCUT2D eigenvalue weighted by Crippen LogP contribution is 2.18. The predicted molar refractivity (Wildman–Crippen MR) is 99.9 cm³/mol. The Morgan fingerprint density at radius 3 is 2.48 bits per heavy atom. The number of hydrogen-bond acceptors (Lipinski definition) is 4. The van der Waals surface area contributed by atoms with Gasteiger partial charge in [-0.15, -0.1) is 0 Å². The minimum atomic E-state index is -1.04. The van der Waals surface area contributed by atoms with Crippen molar-refractivity contribution in [3.8, 4) is 0 Å². The molecule has 0 aliphatic carbocycles. The SMILES string of the molecule is O=C(Nc1ccc(F)c(F)c1)c1ccnc(NSCc2ccc(F)cc2)c1. The summed E-state index contributed by atoms with van der Waals surface area (Å²) >= 11 is 1.34. The molecule has 1 heterocycles. The lowest BCUT2D eigenvalue weighted by Gasteiger charge is -2.08. The molecule has 3 aromatic rings. The molecule has 0 aliphatic heterocycles. The average Bonchev–Trinajstić information content (AvgIpc) is 2.66. The lowest BCUT2D eigenvalue weighted by Crippen LogP contribution is -2.12. The van der Waals surface area contributed by atoms with E-state index >= 15 is 0 Å². The third-order valence-corrected chi connectivity index (χ3v) is 4.36. The van der Waals surface area contributed by atoms with Crippen molar-refractivity contribution >= 4 is 29.4 Å². The van der Waals surface area contributed by atoms with Crippen molar-refractivity contribution in [1.29, 1.82) is 0 Å². The quantitative estimate of drug-likeness (QED) is 0.582. The van der Waals surface area contributed by atoms with Crippen molar-refractivity contribution in [2.45, 2.75) is 5.75 Å². The van der Waals surface area contributed by atoms with E-state index in [0.717, 1.165) is 17.7 Å². The Labute approximate surface area is 158 Å². The molecule has 0 unspecified atom stereocenters. The zero-order chi connectivity index (χ0) is 19.2. The average molecular weight is 389 g/mol. The van der Waals surface area contributed by atoms with Gasteiger partial charge in [0.1, 0.15) is 11.6 Å². The van der Waals surface area contributed by atoms with Crippen LogP contribution in [0.3, 0.4) is 0 Å². The first-order valence-electron chi connectivity index (χ1n) is 7.86. The molecule has 0 saturated carbocycles. The molecule has 0 spiro atoms. The van der Waals surface area contributed by atoms with Crippen LogP contribution in [0.4, 0.5) is 24.7 Å². The normalized spacial score (nSPS) is 10.5. The number of rotatable bonds is 6. The summed E-state index contributed by atoms with van der Waals surface area (Å²) in [5.41, 5.74) is 1.39. The van der Waals surface area contributed by atoms with Crippen LogP contribution < -0.4 is 10.0 Å². The van der Waals surface area contributed by atoms with Crippen LogP contribution in [0.15, 0.2) is 60.8 Å². The second-order valence-electron chi connectivity index (χ2n) is 5.53. The maximum absolute atomic E-state index is 13.2. The van der Waals surface area contributed by atoms with Crippen LogP contribution in [0.2, 0.25) is 0 Å². The first kappa shape index (κ1) is 18.8. The smallest absolute Gasteiger partial charge is 0.255 e. The van der Waals surface area contributed by atoms with E-state index in [1.807, 2.05) is 0 Å². The number of amides is 1. The van der Waals surface area contributed by atoms with Gasteiger partial charge >= 0.3 is 0 Å². The van der Waals surface area contributed by atoms with Crippen LogP contribution in [0.5, 0.6) is 0 Å². The van der Waals surface area contributed by atoms with Gasteiger partial charge in [0, 0.05) is 29.3 Å². The lowest BCUT2D eigenvalue weighted by atomic mass is 10.2. The first-order chi connectivity index (χ1) is 13.0. The maximum atomic E-state index is 13.2. The lowest BCUT2D eigenvalue weighted by molar-refractivity contribution is 0.102. The summed E-state index contributed by atoms with van der Waals surface area (Å²) < 4.78 is 42.1. The third kappa shape index (κ3) is 5.24. The highest BCUT2D eigenvalue weighted by atomic mass is 32.2. The number of benzene rings is 2. The predicted octanol–water partition coefficient (Wildman–Crippen LogP) is 5.01. The number of halogens is 3. The molecule has 1 amide bonds. The van der Waals surface area contributed by atoms with Gasteiger partial charge in [0.25, 0.3) is 5.91 Å². The van der Waals surface area contributed by atoms with Gasteiger partial charge in [-0.1, -0.05) is 12.1 Å². The van der Waals surface area contributed by atoms with Gasteiger partial charge in [0.15, 0.2) is 11.6 Å². The Bertz CT molecular complexity index is 951. The van der Waals surface area contributed by atoms with Crippen molar-refractivity contribution in [2.24, 2.45) is 0 Å². The molecule has 0 saturated heterocycles. The molecule has 27 heavy (non-hydrogen) atoms. The highest BCUT2D eigenvalue weighted by Gasteiger charge is 2.10. The molecule has 0 aliphatic rings. The molecule has 0 fully saturated rings. The fourth-order valence-corrected chi connectivity index (χ4v) is 2.87. The number of aromatic nitrogens is 1. The van der Waals surface area contributed by atoms with Gasteiger partial charge in [-0.2, -0.15) is 0 Å². The van der Waals surface area contributed by atoms with Crippen LogP contribution in [0.1, 0.15) is 15.9 Å². The summed E-state index contributed by atoms with van der Waals surface area (Å²) in [6.45, 7) is 0. The molecule has 2 N–H and O–H groups in total. The second kappa shape index (κ2) is 8.59.